The van der Waals surface area contributed by atoms with Gasteiger partial charge in [-0.3, -0.25) is 14.4 Å². The minimum absolute atomic E-state index is 0.183. The molecule has 3 aromatic rings. The van der Waals surface area contributed by atoms with Gasteiger partial charge in [-0.1, -0.05) is 43.2 Å². The molecule has 5 nitrogen and oxygen atoms in total. The number of aryl methyl sites for hydroxylation is 1. The molecule has 1 aliphatic heterocycles. The van der Waals surface area contributed by atoms with Crippen LogP contribution in [0.2, 0.25) is 0 Å². The SMILES string of the molecule is Cc1nn(Cc2ccccc2)c2sc(C(=O)N3CCN(C4CCCC4)CC3)cc12. The van der Waals surface area contributed by atoms with E-state index in [1.165, 1.54) is 31.2 Å². The lowest BCUT2D eigenvalue weighted by Crippen LogP contribution is -2.51. The quantitative estimate of drug-likeness (QED) is 0.651. The Balaban J connectivity index is 1.31. The summed E-state index contributed by atoms with van der Waals surface area (Å²) in [7, 11) is 0. The third-order valence-electron chi connectivity index (χ3n) is 6.44. The van der Waals surface area contributed by atoms with Gasteiger partial charge < -0.3 is 4.90 Å². The van der Waals surface area contributed by atoms with Crippen molar-refractivity contribution in [2.75, 3.05) is 26.2 Å². The van der Waals surface area contributed by atoms with Crippen LogP contribution in [0.25, 0.3) is 10.2 Å². The van der Waals surface area contributed by atoms with Crippen molar-refractivity contribution in [3.8, 4) is 0 Å². The van der Waals surface area contributed by atoms with Gasteiger partial charge in [-0.15, -0.1) is 11.3 Å². The van der Waals surface area contributed by atoms with Crippen LogP contribution in [0.5, 0.6) is 0 Å². The summed E-state index contributed by atoms with van der Waals surface area (Å²) in [4.78, 5) is 19.7. The summed E-state index contributed by atoms with van der Waals surface area (Å²) in [5, 5.41) is 5.82. The molecule has 0 N–H and O–H groups in total. The number of hydrogen-bond acceptors (Lipinski definition) is 4. The Labute approximate surface area is 175 Å². The second kappa shape index (κ2) is 7.92. The first-order valence-corrected chi connectivity index (χ1v) is 11.5. The molecule has 1 aliphatic carbocycles. The fourth-order valence-electron chi connectivity index (χ4n) is 4.80. The van der Waals surface area contributed by atoms with Crippen molar-refractivity contribution < 1.29 is 4.79 Å². The second-order valence-corrected chi connectivity index (χ2v) is 9.36. The fraction of sp³-hybridized carbons (Fsp3) is 0.478. The zero-order valence-corrected chi connectivity index (χ0v) is 17.8. The monoisotopic (exact) mass is 408 g/mol. The van der Waals surface area contributed by atoms with E-state index in [9.17, 15) is 4.79 Å². The van der Waals surface area contributed by atoms with Crippen molar-refractivity contribution in [3.63, 3.8) is 0 Å². The van der Waals surface area contributed by atoms with Crippen LogP contribution in [-0.2, 0) is 6.54 Å². The molecule has 3 heterocycles. The van der Waals surface area contributed by atoms with Gasteiger partial charge >= 0.3 is 0 Å². The summed E-state index contributed by atoms with van der Waals surface area (Å²) in [5.74, 6) is 0.183. The van der Waals surface area contributed by atoms with Gasteiger partial charge in [0.25, 0.3) is 5.91 Å². The van der Waals surface area contributed by atoms with Gasteiger partial charge in [0.05, 0.1) is 17.1 Å². The van der Waals surface area contributed by atoms with E-state index in [0.717, 1.165) is 59.6 Å². The highest BCUT2D eigenvalue weighted by Gasteiger charge is 2.29. The first kappa shape index (κ1) is 18.8. The average Bonchev–Trinajstić information content (AvgIpc) is 3.48. The number of rotatable bonds is 4. The predicted octanol–water partition coefficient (Wildman–Crippen LogP) is 4.15. The van der Waals surface area contributed by atoms with Crippen LogP contribution in [0, 0.1) is 6.92 Å². The number of carbonyl (C=O) groups is 1. The van der Waals surface area contributed by atoms with Gasteiger partial charge in [-0.2, -0.15) is 5.10 Å². The maximum atomic E-state index is 13.2. The third-order valence-corrected chi connectivity index (χ3v) is 7.57. The number of fused-ring (bicyclic) bond motifs is 1. The number of carbonyl (C=O) groups excluding carboxylic acids is 1. The largest absolute Gasteiger partial charge is 0.335 e. The van der Waals surface area contributed by atoms with Gasteiger partial charge in [0.2, 0.25) is 0 Å². The maximum absolute atomic E-state index is 13.2. The molecule has 29 heavy (non-hydrogen) atoms. The van der Waals surface area contributed by atoms with Crippen molar-refractivity contribution in [1.29, 1.82) is 0 Å². The smallest absolute Gasteiger partial charge is 0.264 e. The number of amides is 1. The lowest BCUT2D eigenvalue weighted by atomic mass is 10.2. The molecule has 0 bridgehead atoms. The molecule has 0 unspecified atom stereocenters. The molecule has 6 heteroatoms. The molecule has 0 atom stereocenters. The Hall–Kier alpha value is -2.18. The average molecular weight is 409 g/mol. The zero-order valence-electron chi connectivity index (χ0n) is 17.0. The lowest BCUT2D eigenvalue weighted by molar-refractivity contribution is 0.0578. The molecule has 1 saturated heterocycles. The van der Waals surface area contributed by atoms with Crippen LogP contribution in [0.1, 0.15) is 46.6 Å². The molecule has 1 amide bonds. The molecule has 2 aliphatic rings. The van der Waals surface area contributed by atoms with Crippen LogP contribution < -0.4 is 0 Å². The summed E-state index contributed by atoms with van der Waals surface area (Å²) in [6.45, 7) is 6.49. The van der Waals surface area contributed by atoms with E-state index in [1.54, 1.807) is 11.3 Å². The number of thiophene rings is 1. The van der Waals surface area contributed by atoms with Gasteiger partial charge in [-0.05, 0) is 31.4 Å². The van der Waals surface area contributed by atoms with Gasteiger partial charge in [0, 0.05) is 37.6 Å². The molecule has 152 valence electrons. The standard InChI is InChI=1S/C23H28N4OS/c1-17-20-15-21(29-23(20)27(24-17)16-18-7-3-2-4-8-18)22(28)26-13-11-25(12-14-26)19-9-5-6-10-19/h2-4,7-8,15,19H,5-6,9-14,16H2,1H3. The van der Waals surface area contributed by atoms with E-state index in [2.05, 4.69) is 35.2 Å². The fourth-order valence-corrected chi connectivity index (χ4v) is 5.93. The highest BCUT2D eigenvalue weighted by atomic mass is 32.1. The molecule has 5 rings (SSSR count). The Bertz CT molecular complexity index is 995. The minimum Gasteiger partial charge on any atom is -0.335 e. The highest BCUT2D eigenvalue weighted by molar-refractivity contribution is 7.20. The lowest BCUT2D eigenvalue weighted by Gasteiger charge is -2.37. The number of aromatic nitrogens is 2. The molecule has 0 radical (unpaired) electrons. The van der Waals surface area contributed by atoms with E-state index in [-0.39, 0.29) is 5.91 Å². The van der Waals surface area contributed by atoms with Gasteiger partial charge in [0.1, 0.15) is 4.83 Å². The Kier molecular flexibility index (Phi) is 5.14. The summed E-state index contributed by atoms with van der Waals surface area (Å²) in [6.07, 6.45) is 5.40. The van der Waals surface area contributed by atoms with Crippen molar-refractivity contribution in [2.24, 2.45) is 0 Å². The van der Waals surface area contributed by atoms with Crippen molar-refractivity contribution in [1.82, 2.24) is 19.6 Å². The molecular formula is C23H28N4OS. The summed E-state index contributed by atoms with van der Waals surface area (Å²) >= 11 is 1.59. The number of nitrogens with zero attached hydrogens (tertiary/aromatic N) is 4. The topological polar surface area (TPSA) is 41.4 Å². The van der Waals surface area contributed by atoms with E-state index >= 15 is 0 Å². The molecular weight excluding hydrogens is 380 g/mol. The van der Waals surface area contributed by atoms with Gasteiger partial charge in [-0.25, -0.2) is 0 Å². The Morgan fingerprint density at radius 1 is 1.10 bits per heavy atom. The molecule has 0 spiro atoms. The normalized spacial score (nSPS) is 18.7. The summed E-state index contributed by atoms with van der Waals surface area (Å²) < 4.78 is 2.04. The van der Waals surface area contributed by atoms with Crippen LogP contribution in [0.4, 0.5) is 0 Å². The first-order chi connectivity index (χ1) is 14.2. The van der Waals surface area contributed by atoms with Crippen molar-refractivity contribution >= 4 is 27.5 Å². The number of piperazine rings is 1. The molecule has 1 aromatic carbocycles. The van der Waals surface area contributed by atoms with E-state index in [0.29, 0.717) is 0 Å². The minimum atomic E-state index is 0.183. The Morgan fingerprint density at radius 2 is 1.83 bits per heavy atom. The molecule has 1 saturated carbocycles. The van der Waals surface area contributed by atoms with Crippen LogP contribution in [0.15, 0.2) is 36.4 Å². The number of hydrogen-bond donors (Lipinski definition) is 0. The first-order valence-electron chi connectivity index (χ1n) is 10.7. The Morgan fingerprint density at radius 3 is 2.55 bits per heavy atom. The van der Waals surface area contributed by atoms with Gasteiger partial charge in [0.15, 0.2) is 0 Å². The van der Waals surface area contributed by atoms with Crippen LogP contribution >= 0.6 is 11.3 Å². The zero-order chi connectivity index (χ0) is 19.8. The van der Waals surface area contributed by atoms with Crippen molar-refractivity contribution in [2.45, 2.75) is 45.2 Å². The highest BCUT2D eigenvalue weighted by Crippen LogP contribution is 2.30. The molecule has 2 aromatic heterocycles. The summed E-state index contributed by atoms with van der Waals surface area (Å²) in [6, 6.07) is 13.2. The van der Waals surface area contributed by atoms with E-state index in [1.807, 2.05) is 22.6 Å². The summed E-state index contributed by atoms with van der Waals surface area (Å²) in [5.41, 5.74) is 2.22. The van der Waals surface area contributed by atoms with Crippen molar-refractivity contribution in [3.05, 3.63) is 52.5 Å². The van der Waals surface area contributed by atoms with E-state index in [4.69, 9.17) is 5.10 Å². The number of benzene rings is 1. The van der Waals surface area contributed by atoms with Crippen LogP contribution in [0.3, 0.4) is 0 Å². The maximum Gasteiger partial charge on any atom is 0.264 e. The predicted molar refractivity (Wildman–Crippen MR) is 118 cm³/mol. The third kappa shape index (κ3) is 3.71. The van der Waals surface area contributed by atoms with Crippen LogP contribution in [-0.4, -0.2) is 57.7 Å². The second-order valence-electron chi connectivity index (χ2n) is 8.32. The van der Waals surface area contributed by atoms with E-state index < -0.39 is 0 Å². The molecule has 2 fully saturated rings.